The summed E-state index contributed by atoms with van der Waals surface area (Å²) < 4.78 is 29.2. The summed E-state index contributed by atoms with van der Waals surface area (Å²) in [5, 5.41) is 14.5. The van der Waals surface area contributed by atoms with Crippen LogP contribution in [0, 0.1) is 16.0 Å². The van der Waals surface area contributed by atoms with Gasteiger partial charge in [-0.3, -0.25) is 15.0 Å². The third kappa shape index (κ3) is 6.61. The van der Waals surface area contributed by atoms with Crippen molar-refractivity contribution >= 4 is 15.7 Å². The molecule has 3 rings (SSSR count). The maximum absolute atomic E-state index is 13.8. The molecule has 1 aliphatic rings. The van der Waals surface area contributed by atoms with Gasteiger partial charge in [-0.05, 0) is 30.0 Å². The van der Waals surface area contributed by atoms with E-state index >= 15 is 0 Å². The van der Waals surface area contributed by atoms with E-state index in [2.05, 4.69) is 36.2 Å². The van der Waals surface area contributed by atoms with Crippen LogP contribution in [0.15, 0.2) is 59.5 Å². The van der Waals surface area contributed by atoms with E-state index in [1.165, 1.54) is 29.8 Å². The maximum Gasteiger partial charge on any atom is 0.269 e. The molecule has 0 spiro atoms. The molecule has 1 fully saturated rings. The van der Waals surface area contributed by atoms with Crippen molar-refractivity contribution in [3.05, 3.63) is 70.3 Å². The van der Waals surface area contributed by atoms with Gasteiger partial charge in [0.15, 0.2) is 0 Å². The molecule has 0 saturated carbocycles. The highest BCUT2D eigenvalue weighted by Gasteiger charge is 2.41. The molecule has 1 aliphatic heterocycles. The summed E-state index contributed by atoms with van der Waals surface area (Å²) in [4.78, 5) is 12.8. The number of hydrogen-bond donors (Lipinski definition) is 2. The molecule has 9 nitrogen and oxygen atoms in total. The van der Waals surface area contributed by atoms with E-state index in [-0.39, 0.29) is 22.7 Å². The summed E-state index contributed by atoms with van der Waals surface area (Å²) in [6.07, 6.45) is 0.713. The quantitative estimate of drug-likeness (QED) is 0.347. The standard InChI is InChI=1S/C24H35N5O4S/c1-19(2)12-15-28(34(32,33)22-10-8-21(9-11-22)29(30)31)24-18-27(17-23(24)26-14-13-25)16-20-6-4-3-5-7-20/h3-11,19,23-24,26H,12-18,25H2,1-2H3/t23-,24+/m0/s1. The van der Waals surface area contributed by atoms with Gasteiger partial charge >= 0.3 is 0 Å². The van der Waals surface area contributed by atoms with E-state index in [1.54, 1.807) is 4.31 Å². The van der Waals surface area contributed by atoms with Crippen LogP contribution in [-0.2, 0) is 16.6 Å². The molecule has 2 aromatic rings. The van der Waals surface area contributed by atoms with Crippen LogP contribution in [-0.4, -0.2) is 67.4 Å². The smallest absolute Gasteiger partial charge is 0.269 e. The Morgan fingerprint density at radius 1 is 1.15 bits per heavy atom. The Morgan fingerprint density at radius 3 is 2.41 bits per heavy atom. The minimum absolute atomic E-state index is 0.0703. The molecule has 186 valence electrons. The number of nitrogens with zero attached hydrogens (tertiary/aromatic N) is 3. The largest absolute Gasteiger partial charge is 0.329 e. The van der Waals surface area contributed by atoms with Gasteiger partial charge in [0.1, 0.15) is 0 Å². The van der Waals surface area contributed by atoms with Crippen LogP contribution in [0.1, 0.15) is 25.8 Å². The van der Waals surface area contributed by atoms with E-state index in [0.29, 0.717) is 45.1 Å². The Kier molecular flexibility index (Phi) is 9.15. The second kappa shape index (κ2) is 11.9. The number of sulfonamides is 1. The normalized spacial score (nSPS) is 19.2. The molecule has 0 bridgehead atoms. The summed E-state index contributed by atoms with van der Waals surface area (Å²) >= 11 is 0. The summed E-state index contributed by atoms with van der Waals surface area (Å²) in [5.41, 5.74) is 6.78. The predicted molar refractivity (Wildman–Crippen MR) is 133 cm³/mol. The third-order valence-corrected chi connectivity index (χ3v) is 8.05. The summed E-state index contributed by atoms with van der Waals surface area (Å²) in [5.74, 6) is 0.326. The predicted octanol–water partition coefficient (Wildman–Crippen LogP) is 2.43. The van der Waals surface area contributed by atoms with Crippen LogP contribution in [0.2, 0.25) is 0 Å². The number of benzene rings is 2. The molecule has 2 aromatic carbocycles. The fourth-order valence-electron chi connectivity index (χ4n) is 4.32. The van der Waals surface area contributed by atoms with Crippen molar-refractivity contribution in [1.82, 2.24) is 14.5 Å². The number of nitro groups is 1. The molecule has 1 heterocycles. The Morgan fingerprint density at radius 2 is 1.82 bits per heavy atom. The van der Waals surface area contributed by atoms with Gasteiger partial charge in [-0.15, -0.1) is 0 Å². The van der Waals surface area contributed by atoms with Gasteiger partial charge in [-0.2, -0.15) is 4.31 Å². The highest BCUT2D eigenvalue weighted by molar-refractivity contribution is 7.89. The zero-order chi connectivity index (χ0) is 24.7. The van der Waals surface area contributed by atoms with Gasteiger partial charge in [-0.25, -0.2) is 8.42 Å². The topological polar surface area (TPSA) is 122 Å². The fraction of sp³-hybridized carbons (Fsp3) is 0.500. The maximum atomic E-state index is 13.8. The van der Waals surface area contributed by atoms with Crippen LogP contribution in [0.5, 0.6) is 0 Å². The van der Waals surface area contributed by atoms with E-state index in [9.17, 15) is 18.5 Å². The summed E-state index contributed by atoms with van der Waals surface area (Å²) in [6.45, 7) is 7.58. The van der Waals surface area contributed by atoms with E-state index in [1.807, 2.05) is 18.2 Å². The SMILES string of the molecule is CC(C)CCN([C@@H]1CN(Cc2ccccc2)C[C@@H]1NCCN)S(=O)(=O)c1ccc([N+](=O)[O-])cc1. The second-order valence-electron chi connectivity index (χ2n) is 9.15. The average Bonchev–Trinajstić information content (AvgIpc) is 3.20. The van der Waals surface area contributed by atoms with Gasteiger partial charge in [0.2, 0.25) is 10.0 Å². The minimum atomic E-state index is -3.86. The zero-order valence-corrected chi connectivity index (χ0v) is 20.7. The van der Waals surface area contributed by atoms with E-state index in [0.717, 1.165) is 6.54 Å². The summed E-state index contributed by atoms with van der Waals surface area (Å²) in [7, 11) is -3.86. The first kappa shape index (κ1) is 26.2. The van der Waals surface area contributed by atoms with Crippen LogP contribution < -0.4 is 11.1 Å². The fourth-order valence-corrected chi connectivity index (χ4v) is 5.99. The lowest BCUT2D eigenvalue weighted by Gasteiger charge is -2.32. The Labute approximate surface area is 202 Å². The number of non-ortho nitro benzene ring substituents is 1. The molecule has 0 amide bonds. The first-order valence-electron chi connectivity index (χ1n) is 11.7. The molecule has 0 aromatic heterocycles. The molecule has 0 unspecified atom stereocenters. The molecule has 1 saturated heterocycles. The van der Waals surface area contributed by atoms with Crippen molar-refractivity contribution in [2.75, 3.05) is 32.7 Å². The number of hydrogen-bond acceptors (Lipinski definition) is 7. The number of likely N-dealkylation sites (tertiary alicyclic amines) is 1. The number of rotatable bonds is 12. The second-order valence-corrected chi connectivity index (χ2v) is 11.0. The molecule has 34 heavy (non-hydrogen) atoms. The summed E-state index contributed by atoms with van der Waals surface area (Å²) in [6, 6.07) is 14.9. The monoisotopic (exact) mass is 489 g/mol. The number of nitrogens with two attached hydrogens (primary N) is 1. The molecule has 3 N–H and O–H groups in total. The van der Waals surface area contributed by atoms with Crippen molar-refractivity contribution in [3.8, 4) is 0 Å². The zero-order valence-electron chi connectivity index (χ0n) is 19.8. The highest BCUT2D eigenvalue weighted by atomic mass is 32.2. The average molecular weight is 490 g/mol. The van der Waals surface area contributed by atoms with Crippen molar-refractivity contribution in [1.29, 1.82) is 0 Å². The molecule has 2 atom stereocenters. The van der Waals surface area contributed by atoms with Gasteiger partial charge in [0.25, 0.3) is 5.69 Å². The minimum Gasteiger partial charge on any atom is -0.329 e. The first-order chi connectivity index (χ1) is 16.2. The molecule has 10 heteroatoms. The molecule has 0 radical (unpaired) electrons. The van der Waals surface area contributed by atoms with E-state index in [4.69, 9.17) is 5.73 Å². The van der Waals surface area contributed by atoms with Gasteiger partial charge in [0.05, 0.1) is 15.9 Å². The molecule has 0 aliphatic carbocycles. The Balaban J connectivity index is 1.91. The Bertz CT molecular complexity index is 1030. The lowest BCUT2D eigenvalue weighted by Crippen LogP contribution is -2.52. The van der Waals surface area contributed by atoms with Crippen LogP contribution >= 0.6 is 0 Å². The van der Waals surface area contributed by atoms with Crippen molar-refractivity contribution < 1.29 is 13.3 Å². The lowest BCUT2D eigenvalue weighted by molar-refractivity contribution is -0.384. The first-order valence-corrected chi connectivity index (χ1v) is 13.1. The Hall–Kier alpha value is -2.37. The van der Waals surface area contributed by atoms with Crippen LogP contribution in [0.25, 0.3) is 0 Å². The number of nitrogens with one attached hydrogen (secondary N) is 1. The molecular formula is C24H35N5O4S. The number of nitro benzene ring substituents is 1. The lowest BCUT2D eigenvalue weighted by atomic mass is 10.1. The highest BCUT2D eigenvalue weighted by Crippen LogP contribution is 2.27. The third-order valence-electron chi connectivity index (χ3n) is 6.12. The van der Waals surface area contributed by atoms with E-state index < -0.39 is 14.9 Å². The van der Waals surface area contributed by atoms with Crippen LogP contribution in [0.4, 0.5) is 5.69 Å². The van der Waals surface area contributed by atoms with Crippen molar-refractivity contribution in [3.63, 3.8) is 0 Å². The van der Waals surface area contributed by atoms with Gasteiger partial charge < -0.3 is 11.1 Å². The van der Waals surface area contributed by atoms with Gasteiger partial charge in [0, 0.05) is 57.4 Å². The van der Waals surface area contributed by atoms with Crippen LogP contribution in [0.3, 0.4) is 0 Å². The van der Waals surface area contributed by atoms with Crippen molar-refractivity contribution in [2.45, 2.75) is 43.8 Å². The van der Waals surface area contributed by atoms with Crippen molar-refractivity contribution in [2.24, 2.45) is 11.7 Å². The molecular weight excluding hydrogens is 454 g/mol. The van der Waals surface area contributed by atoms with Gasteiger partial charge in [-0.1, -0.05) is 44.2 Å².